The van der Waals surface area contributed by atoms with Gasteiger partial charge in [0.1, 0.15) is 5.75 Å². The summed E-state index contributed by atoms with van der Waals surface area (Å²) < 4.78 is 0. The highest BCUT2D eigenvalue weighted by Gasteiger charge is 2.16. The third-order valence-corrected chi connectivity index (χ3v) is 2.29. The zero-order chi connectivity index (χ0) is 10.9. The van der Waals surface area contributed by atoms with Crippen LogP contribution in [0.3, 0.4) is 0 Å². The summed E-state index contributed by atoms with van der Waals surface area (Å²) in [4.78, 5) is 11.1. The Bertz CT molecular complexity index is 370. The Morgan fingerprint density at radius 2 is 2.00 bits per heavy atom. The van der Waals surface area contributed by atoms with E-state index in [0.29, 0.717) is 5.56 Å². The Kier molecular flexibility index (Phi) is 2.79. The number of benzene rings is 1. The maximum Gasteiger partial charge on any atom is 0.252 e. The highest BCUT2D eigenvalue weighted by molar-refractivity contribution is 5.97. The smallest absolute Gasteiger partial charge is 0.252 e. The molecule has 0 bridgehead atoms. The minimum absolute atomic E-state index is 0.0208. The molecule has 0 unspecified atom stereocenters. The van der Waals surface area contributed by atoms with E-state index >= 15 is 0 Å². The van der Waals surface area contributed by atoms with E-state index in [-0.39, 0.29) is 17.2 Å². The van der Waals surface area contributed by atoms with Gasteiger partial charge in [-0.05, 0) is 24.0 Å². The van der Waals surface area contributed by atoms with Crippen LogP contribution in [0.1, 0.15) is 41.3 Å². The molecule has 0 saturated heterocycles. The number of carbonyl (C=O) groups is 1. The van der Waals surface area contributed by atoms with Gasteiger partial charge in [-0.15, -0.1) is 0 Å². The lowest BCUT2D eigenvalue weighted by atomic mass is 9.96. The molecule has 0 aliphatic heterocycles. The molecular weight excluding hydrogens is 178 g/mol. The monoisotopic (exact) mass is 193 g/mol. The highest BCUT2D eigenvalue weighted by atomic mass is 16.3. The zero-order valence-electron chi connectivity index (χ0n) is 8.66. The van der Waals surface area contributed by atoms with Crippen LogP contribution in [0.15, 0.2) is 12.1 Å². The van der Waals surface area contributed by atoms with Crippen molar-refractivity contribution < 1.29 is 9.90 Å². The van der Waals surface area contributed by atoms with E-state index < -0.39 is 5.91 Å². The molecule has 3 N–H and O–H groups in total. The zero-order valence-corrected chi connectivity index (χ0v) is 8.66. The second-order valence-corrected chi connectivity index (χ2v) is 3.71. The van der Waals surface area contributed by atoms with Gasteiger partial charge in [-0.2, -0.15) is 0 Å². The summed E-state index contributed by atoms with van der Waals surface area (Å²) in [6.45, 7) is 5.66. The van der Waals surface area contributed by atoms with Crippen LogP contribution in [-0.4, -0.2) is 11.0 Å². The number of phenols is 1. The van der Waals surface area contributed by atoms with Crippen molar-refractivity contribution in [3.05, 3.63) is 28.8 Å². The van der Waals surface area contributed by atoms with Crippen molar-refractivity contribution in [2.75, 3.05) is 0 Å². The van der Waals surface area contributed by atoms with Crippen LogP contribution in [0.2, 0.25) is 0 Å². The first-order valence-corrected chi connectivity index (χ1v) is 4.57. The summed E-state index contributed by atoms with van der Waals surface area (Å²) in [6, 6.07) is 3.62. The van der Waals surface area contributed by atoms with Gasteiger partial charge in [-0.25, -0.2) is 0 Å². The lowest BCUT2D eigenvalue weighted by Crippen LogP contribution is -2.13. The molecule has 1 aromatic rings. The molecular formula is C11H15NO2. The Morgan fingerprint density at radius 3 is 2.43 bits per heavy atom. The molecule has 1 amide bonds. The molecule has 3 heteroatoms. The molecule has 0 aromatic heterocycles. The molecule has 0 aliphatic rings. The Morgan fingerprint density at radius 1 is 1.43 bits per heavy atom. The fourth-order valence-corrected chi connectivity index (χ4v) is 1.49. The summed E-state index contributed by atoms with van der Waals surface area (Å²) in [5.74, 6) is -0.385. The number of aryl methyl sites for hydroxylation is 1. The SMILES string of the molecule is Cc1ccc(C(C)C)c(O)c1C(N)=O. The number of hydrogen-bond acceptors (Lipinski definition) is 2. The van der Waals surface area contributed by atoms with Gasteiger partial charge in [0.15, 0.2) is 0 Å². The molecule has 0 radical (unpaired) electrons. The van der Waals surface area contributed by atoms with Gasteiger partial charge >= 0.3 is 0 Å². The summed E-state index contributed by atoms with van der Waals surface area (Å²) in [7, 11) is 0. The van der Waals surface area contributed by atoms with Crippen molar-refractivity contribution in [1.82, 2.24) is 0 Å². The molecule has 0 saturated carbocycles. The molecule has 76 valence electrons. The fraction of sp³-hybridized carbons (Fsp3) is 0.364. The Hall–Kier alpha value is -1.51. The van der Waals surface area contributed by atoms with Crippen molar-refractivity contribution in [1.29, 1.82) is 0 Å². The summed E-state index contributed by atoms with van der Waals surface area (Å²) >= 11 is 0. The van der Waals surface area contributed by atoms with E-state index in [1.807, 2.05) is 19.9 Å². The van der Waals surface area contributed by atoms with Gasteiger partial charge in [-0.3, -0.25) is 4.79 Å². The first-order chi connectivity index (χ1) is 6.45. The number of primary amides is 1. The maximum absolute atomic E-state index is 11.1. The summed E-state index contributed by atoms with van der Waals surface area (Å²) in [6.07, 6.45) is 0. The topological polar surface area (TPSA) is 63.3 Å². The first-order valence-electron chi connectivity index (χ1n) is 4.57. The van der Waals surface area contributed by atoms with E-state index in [9.17, 15) is 9.90 Å². The first kappa shape index (κ1) is 10.6. The minimum Gasteiger partial charge on any atom is -0.507 e. The quantitative estimate of drug-likeness (QED) is 0.753. The van der Waals surface area contributed by atoms with E-state index in [4.69, 9.17) is 5.73 Å². The third-order valence-electron chi connectivity index (χ3n) is 2.29. The lowest BCUT2D eigenvalue weighted by Gasteiger charge is -2.12. The van der Waals surface area contributed by atoms with E-state index in [0.717, 1.165) is 5.56 Å². The van der Waals surface area contributed by atoms with Crippen LogP contribution >= 0.6 is 0 Å². The average Bonchev–Trinajstić information content (AvgIpc) is 2.02. The minimum atomic E-state index is -0.581. The van der Waals surface area contributed by atoms with Gasteiger partial charge in [-0.1, -0.05) is 26.0 Å². The van der Waals surface area contributed by atoms with Gasteiger partial charge in [0.05, 0.1) is 5.56 Å². The highest BCUT2D eigenvalue weighted by Crippen LogP contribution is 2.30. The van der Waals surface area contributed by atoms with Crippen LogP contribution in [-0.2, 0) is 0 Å². The second kappa shape index (κ2) is 3.70. The number of aromatic hydroxyl groups is 1. The fourth-order valence-electron chi connectivity index (χ4n) is 1.49. The molecule has 1 rings (SSSR count). The molecule has 0 heterocycles. The third kappa shape index (κ3) is 1.71. The predicted molar refractivity (Wildman–Crippen MR) is 55.5 cm³/mol. The predicted octanol–water partition coefficient (Wildman–Crippen LogP) is 1.92. The lowest BCUT2D eigenvalue weighted by molar-refractivity contribution is 0.0997. The van der Waals surface area contributed by atoms with Crippen LogP contribution in [0.5, 0.6) is 5.75 Å². The molecule has 0 atom stereocenters. The van der Waals surface area contributed by atoms with E-state index in [2.05, 4.69) is 0 Å². The second-order valence-electron chi connectivity index (χ2n) is 3.71. The maximum atomic E-state index is 11.1. The number of nitrogens with two attached hydrogens (primary N) is 1. The van der Waals surface area contributed by atoms with E-state index in [1.165, 1.54) is 0 Å². The number of amides is 1. The molecule has 1 aromatic carbocycles. The van der Waals surface area contributed by atoms with Gasteiger partial charge < -0.3 is 10.8 Å². The van der Waals surface area contributed by atoms with Crippen LogP contribution in [0, 0.1) is 6.92 Å². The van der Waals surface area contributed by atoms with Gasteiger partial charge in [0, 0.05) is 0 Å². The van der Waals surface area contributed by atoms with Crippen LogP contribution in [0.25, 0.3) is 0 Å². The molecule has 0 aliphatic carbocycles. The number of rotatable bonds is 2. The Labute approximate surface area is 83.6 Å². The summed E-state index contributed by atoms with van der Waals surface area (Å²) in [5.41, 5.74) is 6.88. The number of hydrogen-bond donors (Lipinski definition) is 2. The average molecular weight is 193 g/mol. The van der Waals surface area contributed by atoms with Gasteiger partial charge in [0.25, 0.3) is 5.91 Å². The van der Waals surface area contributed by atoms with E-state index in [1.54, 1.807) is 13.0 Å². The standard InChI is InChI=1S/C11H15NO2/c1-6(2)8-5-4-7(3)9(10(8)13)11(12)14/h4-6,13H,1-3H3,(H2,12,14). The van der Waals surface area contributed by atoms with Crippen molar-refractivity contribution in [2.24, 2.45) is 5.73 Å². The molecule has 0 spiro atoms. The molecule has 14 heavy (non-hydrogen) atoms. The largest absolute Gasteiger partial charge is 0.507 e. The van der Waals surface area contributed by atoms with Crippen LogP contribution in [0.4, 0.5) is 0 Å². The number of carbonyl (C=O) groups excluding carboxylic acids is 1. The molecule has 3 nitrogen and oxygen atoms in total. The van der Waals surface area contributed by atoms with Crippen molar-refractivity contribution in [3.8, 4) is 5.75 Å². The van der Waals surface area contributed by atoms with Crippen molar-refractivity contribution in [3.63, 3.8) is 0 Å². The van der Waals surface area contributed by atoms with Crippen LogP contribution < -0.4 is 5.73 Å². The molecule has 0 fully saturated rings. The van der Waals surface area contributed by atoms with Crippen molar-refractivity contribution >= 4 is 5.91 Å². The van der Waals surface area contributed by atoms with Crippen molar-refractivity contribution in [2.45, 2.75) is 26.7 Å². The van der Waals surface area contributed by atoms with Gasteiger partial charge in [0.2, 0.25) is 0 Å². The summed E-state index contributed by atoms with van der Waals surface area (Å²) in [5, 5.41) is 9.81. The Balaban J connectivity index is 3.41. The normalized spacial score (nSPS) is 10.6.